The molecule has 3 aromatic rings. The van der Waals surface area contributed by atoms with Crippen molar-refractivity contribution < 1.29 is 14.1 Å². The second kappa shape index (κ2) is 5.50. The van der Waals surface area contributed by atoms with Crippen LogP contribution in [-0.2, 0) is 23.3 Å². The number of rotatable bonds is 3. The number of amides is 3. The molecule has 2 aromatic heterocycles. The quantitative estimate of drug-likeness (QED) is 0.720. The van der Waals surface area contributed by atoms with Crippen molar-refractivity contribution in [1.82, 2.24) is 20.4 Å². The lowest BCUT2D eigenvalue weighted by molar-refractivity contribution is -0.132. The number of fused-ring (bicyclic) bond motifs is 2. The zero-order chi connectivity index (χ0) is 17.7. The van der Waals surface area contributed by atoms with Gasteiger partial charge in [0.25, 0.3) is 5.91 Å². The van der Waals surface area contributed by atoms with Crippen molar-refractivity contribution in [2.45, 2.75) is 24.9 Å². The number of nitrogens with zero attached hydrogens (tertiary/aromatic N) is 3. The summed E-state index contributed by atoms with van der Waals surface area (Å²) >= 11 is 1.53. The van der Waals surface area contributed by atoms with Crippen molar-refractivity contribution in [3.8, 4) is 11.4 Å². The summed E-state index contributed by atoms with van der Waals surface area (Å²) in [6.07, 6.45) is 1.33. The molecule has 1 fully saturated rings. The fourth-order valence-corrected chi connectivity index (χ4v) is 4.33. The molecule has 1 aliphatic carbocycles. The van der Waals surface area contributed by atoms with Gasteiger partial charge in [0.05, 0.1) is 0 Å². The Labute approximate surface area is 152 Å². The number of hydrogen-bond acceptors (Lipinski definition) is 6. The predicted octanol–water partition coefficient (Wildman–Crippen LogP) is 2.69. The van der Waals surface area contributed by atoms with Crippen LogP contribution in [0.3, 0.4) is 0 Å². The van der Waals surface area contributed by atoms with Crippen LogP contribution in [0.1, 0.15) is 23.4 Å². The van der Waals surface area contributed by atoms with E-state index in [1.165, 1.54) is 11.3 Å². The van der Waals surface area contributed by atoms with E-state index < -0.39 is 11.6 Å². The smallest absolute Gasteiger partial charge is 0.325 e. The first kappa shape index (κ1) is 15.3. The van der Waals surface area contributed by atoms with Crippen LogP contribution < -0.4 is 5.32 Å². The Balaban J connectivity index is 1.43. The summed E-state index contributed by atoms with van der Waals surface area (Å²) in [5, 5.41) is 10.6. The van der Waals surface area contributed by atoms with Gasteiger partial charge in [-0.1, -0.05) is 29.4 Å². The lowest BCUT2D eigenvalue weighted by atomic mass is 9.92. The molecular weight excluding hydrogens is 352 g/mol. The van der Waals surface area contributed by atoms with Crippen molar-refractivity contribution in [2.24, 2.45) is 0 Å². The number of hydrogen-bond donors (Lipinski definition) is 1. The summed E-state index contributed by atoms with van der Waals surface area (Å²) in [4.78, 5) is 31.1. The van der Waals surface area contributed by atoms with Gasteiger partial charge < -0.3 is 9.84 Å². The van der Waals surface area contributed by atoms with E-state index in [1.54, 1.807) is 0 Å². The van der Waals surface area contributed by atoms with E-state index in [-0.39, 0.29) is 18.3 Å². The monoisotopic (exact) mass is 366 g/mol. The van der Waals surface area contributed by atoms with Gasteiger partial charge in [0.15, 0.2) is 0 Å². The van der Waals surface area contributed by atoms with Gasteiger partial charge in [-0.15, -0.1) is 0 Å². The van der Waals surface area contributed by atoms with Crippen LogP contribution in [0, 0.1) is 0 Å². The Bertz CT molecular complexity index is 1010. The van der Waals surface area contributed by atoms with E-state index in [2.05, 4.69) is 15.5 Å². The molecule has 0 radical (unpaired) electrons. The van der Waals surface area contributed by atoms with Crippen molar-refractivity contribution in [1.29, 1.82) is 0 Å². The van der Waals surface area contributed by atoms with Crippen LogP contribution >= 0.6 is 11.3 Å². The molecule has 3 heterocycles. The van der Waals surface area contributed by atoms with Crippen molar-refractivity contribution in [3.05, 3.63) is 58.1 Å². The summed E-state index contributed by atoms with van der Waals surface area (Å²) < 4.78 is 5.24. The zero-order valence-electron chi connectivity index (χ0n) is 13.6. The highest BCUT2D eigenvalue weighted by atomic mass is 32.1. The number of aromatic nitrogens is 2. The zero-order valence-corrected chi connectivity index (χ0v) is 14.5. The highest BCUT2D eigenvalue weighted by Gasteiger charge is 2.55. The summed E-state index contributed by atoms with van der Waals surface area (Å²) in [6, 6.07) is 9.20. The van der Waals surface area contributed by atoms with E-state index >= 15 is 0 Å². The molecule has 5 rings (SSSR count). The fraction of sp³-hybridized carbons (Fsp3) is 0.222. The van der Waals surface area contributed by atoms with Gasteiger partial charge in [-0.3, -0.25) is 9.69 Å². The van der Waals surface area contributed by atoms with Gasteiger partial charge in [0.1, 0.15) is 12.1 Å². The number of imide groups is 1. The van der Waals surface area contributed by atoms with E-state index in [4.69, 9.17) is 4.52 Å². The normalized spacial score (nSPS) is 21.5. The molecule has 1 spiro atoms. The van der Waals surface area contributed by atoms with E-state index in [0.29, 0.717) is 12.2 Å². The van der Waals surface area contributed by atoms with Gasteiger partial charge in [0, 0.05) is 10.9 Å². The molecular formula is C18H14N4O3S. The molecule has 130 valence electrons. The molecule has 2 aliphatic rings. The second-order valence-corrected chi connectivity index (χ2v) is 7.19. The minimum Gasteiger partial charge on any atom is -0.337 e. The number of benzene rings is 1. The Hall–Kier alpha value is -3.00. The lowest BCUT2D eigenvalue weighted by Gasteiger charge is -2.21. The van der Waals surface area contributed by atoms with Gasteiger partial charge in [-0.05, 0) is 35.4 Å². The topological polar surface area (TPSA) is 88.3 Å². The third-order valence-corrected chi connectivity index (χ3v) is 5.65. The number of carbonyl (C=O) groups is 2. The van der Waals surface area contributed by atoms with Gasteiger partial charge in [-0.25, -0.2) is 4.79 Å². The molecule has 3 amide bonds. The average Bonchev–Trinajstić information content (AvgIpc) is 3.41. The highest BCUT2D eigenvalue weighted by molar-refractivity contribution is 7.08. The molecule has 8 heteroatoms. The molecule has 0 bridgehead atoms. The molecule has 1 aliphatic heterocycles. The van der Waals surface area contributed by atoms with Crippen molar-refractivity contribution in [3.63, 3.8) is 0 Å². The van der Waals surface area contributed by atoms with Gasteiger partial charge in [-0.2, -0.15) is 16.3 Å². The van der Waals surface area contributed by atoms with Crippen LogP contribution in [0.15, 0.2) is 45.6 Å². The number of carbonyl (C=O) groups excluding carboxylic acids is 2. The maximum absolute atomic E-state index is 13.1. The standard InChI is InChI=1S/C18H14N4O3S/c23-16-18(7-5-11-3-1-2-4-13(11)18)20-17(24)22(16)9-14-19-15(21-25-14)12-6-8-26-10-12/h1-4,6,8,10H,5,7,9H2,(H,20,24)/t18-/m0/s1. The Morgan fingerprint density at radius 2 is 2.15 bits per heavy atom. The first-order chi connectivity index (χ1) is 12.7. The minimum absolute atomic E-state index is 0.0360. The molecule has 26 heavy (non-hydrogen) atoms. The van der Waals surface area contributed by atoms with Crippen molar-refractivity contribution in [2.75, 3.05) is 0 Å². The highest BCUT2D eigenvalue weighted by Crippen LogP contribution is 2.41. The molecule has 7 nitrogen and oxygen atoms in total. The molecule has 1 N–H and O–H groups in total. The largest absolute Gasteiger partial charge is 0.337 e. The summed E-state index contributed by atoms with van der Waals surface area (Å²) in [7, 11) is 0. The fourth-order valence-electron chi connectivity index (χ4n) is 3.70. The summed E-state index contributed by atoms with van der Waals surface area (Å²) in [6.45, 7) is -0.0360. The van der Waals surface area contributed by atoms with Crippen LogP contribution in [0.2, 0.25) is 0 Å². The van der Waals surface area contributed by atoms with E-state index in [9.17, 15) is 9.59 Å². The summed E-state index contributed by atoms with van der Waals surface area (Å²) in [5.74, 6) is 0.426. The average molecular weight is 366 g/mol. The van der Waals surface area contributed by atoms with Crippen LogP contribution in [0.4, 0.5) is 4.79 Å². The van der Waals surface area contributed by atoms with Gasteiger partial charge in [0.2, 0.25) is 11.7 Å². The number of thiophene rings is 1. The Morgan fingerprint density at radius 3 is 3.00 bits per heavy atom. The van der Waals surface area contributed by atoms with Crippen LogP contribution in [0.5, 0.6) is 0 Å². The number of urea groups is 1. The number of aryl methyl sites for hydroxylation is 1. The van der Waals surface area contributed by atoms with Crippen LogP contribution in [-0.4, -0.2) is 27.0 Å². The maximum atomic E-state index is 13.1. The van der Waals surface area contributed by atoms with Gasteiger partial charge >= 0.3 is 6.03 Å². The first-order valence-corrected chi connectivity index (χ1v) is 9.19. The van der Waals surface area contributed by atoms with Crippen molar-refractivity contribution >= 4 is 23.3 Å². The molecule has 0 saturated carbocycles. The van der Waals surface area contributed by atoms with E-state index in [0.717, 1.165) is 28.0 Å². The molecule has 1 atom stereocenters. The molecule has 1 saturated heterocycles. The SMILES string of the molecule is O=C1N[C@]2(CCc3ccccc32)C(=O)N1Cc1nc(-c2ccsc2)no1. The number of nitrogens with one attached hydrogen (secondary N) is 1. The lowest BCUT2D eigenvalue weighted by Crippen LogP contribution is -2.41. The summed E-state index contributed by atoms with van der Waals surface area (Å²) in [5.41, 5.74) is 1.86. The van der Waals surface area contributed by atoms with Crippen LogP contribution in [0.25, 0.3) is 11.4 Å². The molecule has 0 unspecified atom stereocenters. The Morgan fingerprint density at radius 1 is 1.27 bits per heavy atom. The minimum atomic E-state index is -0.968. The second-order valence-electron chi connectivity index (χ2n) is 6.41. The third-order valence-electron chi connectivity index (χ3n) is 4.96. The predicted molar refractivity (Wildman–Crippen MR) is 93.1 cm³/mol. The Kier molecular flexibility index (Phi) is 3.23. The maximum Gasteiger partial charge on any atom is 0.325 e. The first-order valence-electron chi connectivity index (χ1n) is 8.25. The third kappa shape index (κ3) is 2.12. The van der Waals surface area contributed by atoms with E-state index in [1.807, 2.05) is 41.1 Å². The molecule has 1 aromatic carbocycles.